The lowest BCUT2D eigenvalue weighted by atomic mass is 10.0. The summed E-state index contributed by atoms with van der Waals surface area (Å²) < 4.78 is 6.28. The lowest BCUT2D eigenvalue weighted by Crippen LogP contribution is -2.48. The minimum Gasteiger partial charge on any atom is -0.444 e. The average Bonchev–Trinajstić information content (AvgIpc) is 2.48. The Hall–Kier alpha value is -1.38. The first-order valence-electron chi connectivity index (χ1n) is 8.10. The molecule has 0 unspecified atom stereocenters. The molecule has 0 spiro atoms. The third kappa shape index (κ3) is 6.26. The molecule has 0 saturated carbocycles. The Balaban J connectivity index is 1.75. The van der Waals surface area contributed by atoms with E-state index in [9.17, 15) is 9.59 Å². The van der Waals surface area contributed by atoms with Crippen LogP contribution in [0.5, 0.6) is 0 Å². The van der Waals surface area contributed by atoms with Gasteiger partial charge in [0.05, 0.1) is 6.42 Å². The first-order chi connectivity index (χ1) is 11.2. The Kier molecular flexibility index (Phi) is 6.42. The van der Waals surface area contributed by atoms with Crippen LogP contribution < -0.4 is 5.32 Å². The van der Waals surface area contributed by atoms with Gasteiger partial charge in [0, 0.05) is 25.3 Å². The number of piperidine rings is 1. The van der Waals surface area contributed by atoms with Crippen molar-refractivity contribution in [2.75, 3.05) is 13.1 Å². The summed E-state index contributed by atoms with van der Waals surface area (Å²) in [7, 11) is 0. The predicted molar refractivity (Wildman–Crippen MR) is 99.6 cm³/mol. The van der Waals surface area contributed by atoms with E-state index < -0.39 is 5.60 Å². The van der Waals surface area contributed by atoms with Crippen molar-refractivity contribution in [3.63, 3.8) is 0 Å². The van der Waals surface area contributed by atoms with Gasteiger partial charge >= 0.3 is 6.09 Å². The van der Waals surface area contributed by atoms with E-state index in [1.54, 1.807) is 11.1 Å². The van der Waals surface area contributed by atoms with Gasteiger partial charge in [0.1, 0.15) is 9.30 Å². The second-order valence-electron chi connectivity index (χ2n) is 6.98. The van der Waals surface area contributed by atoms with Crippen molar-refractivity contribution in [3.8, 4) is 0 Å². The van der Waals surface area contributed by atoms with Gasteiger partial charge in [-0.05, 0) is 67.8 Å². The number of likely N-dealkylation sites (tertiary alicyclic amines) is 1. The number of pyridine rings is 1. The Bertz CT molecular complexity index is 576. The Labute approximate surface area is 156 Å². The third-order valence-electron chi connectivity index (χ3n) is 3.67. The number of ether oxygens (including phenoxy) is 1. The molecule has 24 heavy (non-hydrogen) atoms. The lowest BCUT2D eigenvalue weighted by molar-refractivity contribution is -0.121. The number of amides is 2. The summed E-state index contributed by atoms with van der Waals surface area (Å²) >= 11 is 2.14. The first kappa shape index (κ1) is 19.0. The molecule has 1 aromatic rings. The number of rotatable bonds is 3. The van der Waals surface area contributed by atoms with E-state index >= 15 is 0 Å². The SMILES string of the molecule is CC(C)(C)OC(=O)N1CCC(NC(=O)Cc2ccc(I)nc2)CC1. The molecule has 1 fully saturated rings. The van der Waals surface area contributed by atoms with Crippen molar-refractivity contribution in [1.82, 2.24) is 15.2 Å². The molecule has 0 atom stereocenters. The number of aromatic nitrogens is 1. The highest BCUT2D eigenvalue weighted by Gasteiger charge is 2.27. The maximum Gasteiger partial charge on any atom is 0.410 e. The zero-order valence-electron chi connectivity index (χ0n) is 14.3. The van der Waals surface area contributed by atoms with Crippen LogP contribution in [0.1, 0.15) is 39.2 Å². The van der Waals surface area contributed by atoms with Crippen LogP contribution in [-0.4, -0.2) is 46.6 Å². The van der Waals surface area contributed by atoms with Gasteiger partial charge in [0.2, 0.25) is 5.91 Å². The van der Waals surface area contributed by atoms with E-state index in [-0.39, 0.29) is 18.0 Å². The molecule has 2 amide bonds. The molecule has 1 aliphatic rings. The molecule has 1 aliphatic heterocycles. The molecule has 2 rings (SSSR count). The van der Waals surface area contributed by atoms with Crippen molar-refractivity contribution in [2.45, 2.75) is 51.7 Å². The molecular formula is C17H24IN3O3. The van der Waals surface area contributed by atoms with Crippen LogP contribution in [0.25, 0.3) is 0 Å². The van der Waals surface area contributed by atoms with E-state index in [1.165, 1.54) is 0 Å². The summed E-state index contributed by atoms with van der Waals surface area (Å²) in [5, 5.41) is 3.04. The molecule has 7 heteroatoms. The van der Waals surface area contributed by atoms with Gasteiger partial charge in [0.15, 0.2) is 0 Å². The molecular weight excluding hydrogens is 421 g/mol. The number of carbonyl (C=O) groups is 2. The smallest absolute Gasteiger partial charge is 0.410 e. The third-order valence-corrected chi connectivity index (χ3v) is 4.30. The van der Waals surface area contributed by atoms with Crippen LogP contribution >= 0.6 is 22.6 Å². The number of nitrogens with one attached hydrogen (secondary N) is 1. The number of hydrogen-bond acceptors (Lipinski definition) is 4. The van der Waals surface area contributed by atoms with E-state index in [2.05, 4.69) is 32.9 Å². The van der Waals surface area contributed by atoms with E-state index in [1.807, 2.05) is 32.9 Å². The van der Waals surface area contributed by atoms with Crippen molar-refractivity contribution < 1.29 is 14.3 Å². The number of nitrogens with zero attached hydrogens (tertiary/aromatic N) is 2. The van der Waals surface area contributed by atoms with Crippen molar-refractivity contribution in [3.05, 3.63) is 27.6 Å². The zero-order chi connectivity index (χ0) is 17.7. The highest BCUT2D eigenvalue weighted by molar-refractivity contribution is 14.1. The van der Waals surface area contributed by atoms with Crippen LogP contribution in [0.15, 0.2) is 18.3 Å². The maximum atomic E-state index is 12.1. The van der Waals surface area contributed by atoms with Crippen LogP contribution in [0.4, 0.5) is 4.79 Å². The predicted octanol–water partition coefficient (Wildman–Crippen LogP) is 2.74. The van der Waals surface area contributed by atoms with E-state index in [4.69, 9.17) is 4.74 Å². The topological polar surface area (TPSA) is 71.5 Å². The Morgan fingerprint density at radius 1 is 1.33 bits per heavy atom. The molecule has 1 aromatic heterocycles. The zero-order valence-corrected chi connectivity index (χ0v) is 16.5. The summed E-state index contributed by atoms with van der Waals surface area (Å²) in [5.74, 6) is -0.00581. The number of carbonyl (C=O) groups excluding carboxylic acids is 2. The van der Waals surface area contributed by atoms with Gasteiger partial charge in [-0.1, -0.05) is 6.07 Å². The minimum absolute atomic E-state index is 0.00581. The van der Waals surface area contributed by atoms with E-state index in [0.29, 0.717) is 19.5 Å². The summed E-state index contributed by atoms with van der Waals surface area (Å²) in [6, 6.07) is 3.91. The molecule has 1 N–H and O–H groups in total. The van der Waals surface area contributed by atoms with Gasteiger partial charge in [-0.3, -0.25) is 9.78 Å². The normalized spacial score (nSPS) is 15.9. The fraction of sp³-hybridized carbons (Fsp3) is 0.588. The monoisotopic (exact) mass is 445 g/mol. The second kappa shape index (κ2) is 8.13. The lowest BCUT2D eigenvalue weighted by Gasteiger charge is -2.33. The summed E-state index contributed by atoms with van der Waals surface area (Å²) in [4.78, 5) is 30.0. The Morgan fingerprint density at radius 3 is 2.54 bits per heavy atom. The van der Waals surface area contributed by atoms with Crippen molar-refractivity contribution >= 4 is 34.6 Å². The molecule has 1 saturated heterocycles. The van der Waals surface area contributed by atoms with Gasteiger partial charge in [0.25, 0.3) is 0 Å². The highest BCUT2D eigenvalue weighted by atomic mass is 127. The van der Waals surface area contributed by atoms with Crippen LogP contribution in [0.3, 0.4) is 0 Å². The summed E-state index contributed by atoms with van der Waals surface area (Å²) in [6.45, 7) is 6.78. The molecule has 2 heterocycles. The van der Waals surface area contributed by atoms with E-state index in [0.717, 1.165) is 22.1 Å². The first-order valence-corrected chi connectivity index (χ1v) is 9.18. The average molecular weight is 445 g/mol. The standard InChI is InChI=1S/C17H24IN3O3/c1-17(2,3)24-16(23)21-8-6-13(7-9-21)20-15(22)10-12-4-5-14(18)19-11-12/h4-5,11,13H,6-10H2,1-3H3,(H,20,22). The van der Waals surface area contributed by atoms with Crippen LogP contribution in [-0.2, 0) is 16.0 Å². The molecule has 132 valence electrons. The van der Waals surface area contributed by atoms with Gasteiger partial charge in [-0.25, -0.2) is 4.79 Å². The largest absolute Gasteiger partial charge is 0.444 e. The van der Waals surface area contributed by atoms with Crippen molar-refractivity contribution in [2.24, 2.45) is 0 Å². The summed E-state index contributed by atoms with van der Waals surface area (Å²) in [6.07, 6.45) is 3.27. The second-order valence-corrected chi connectivity index (χ2v) is 8.08. The minimum atomic E-state index is -0.482. The molecule has 0 aromatic carbocycles. The quantitative estimate of drug-likeness (QED) is 0.574. The number of halogens is 1. The number of hydrogen-bond donors (Lipinski definition) is 1. The van der Waals surface area contributed by atoms with Crippen molar-refractivity contribution in [1.29, 1.82) is 0 Å². The van der Waals surface area contributed by atoms with Gasteiger partial charge in [-0.2, -0.15) is 0 Å². The van der Waals surface area contributed by atoms with Crippen LogP contribution in [0.2, 0.25) is 0 Å². The fourth-order valence-electron chi connectivity index (χ4n) is 2.51. The maximum absolute atomic E-state index is 12.1. The molecule has 0 aliphatic carbocycles. The van der Waals surface area contributed by atoms with Crippen LogP contribution in [0, 0.1) is 3.70 Å². The molecule has 0 bridgehead atoms. The Morgan fingerprint density at radius 2 is 2.00 bits per heavy atom. The highest BCUT2D eigenvalue weighted by Crippen LogP contribution is 2.15. The van der Waals surface area contributed by atoms with Gasteiger partial charge in [-0.15, -0.1) is 0 Å². The molecule has 6 nitrogen and oxygen atoms in total. The molecule has 0 radical (unpaired) electrons. The fourth-order valence-corrected chi connectivity index (χ4v) is 2.83. The summed E-state index contributed by atoms with van der Waals surface area (Å²) in [5.41, 5.74) is 0.419. The van der Waals surface area contributed by atoms with Gasteiger partial charge < -0.3 is 15.0 Å².